The third-order valence-electron chi connectivity index (χ3n) is 4.84. The fourth-order valence-corrected chi connectivity index (χ4v) is 4.65. The maximum Gasteiger partial charge on any atom is 0.261 e. The van der Waals surface area contributed by atoms with E-state index in [0.29, 0.717) is 35.2 Å². The second kappa shape index (κ2) is 9.15. The van der Waals surface area contributed by atoms with Crippen LogP contribution in [0.5, 0.6) is 0 Å². The van der Waals surface area contributed by atoms with Gasteiger partial charge in [-0.25, -0.2) is 4.39 Å². The Labute approximate surface area is 168 Å². The smallest absolute Gasteiger partial charge is 0.261 e. The molecule has 0 saturated carbocycles. The predicted octanol–water partition coefficient (Wildman–Crippen LogP) is 4.29. The first-order valence-electron chi connectivity index (χ1n) is 9.15. The van der Waals surface area contributed by atoms with Crippen molar-refractivity contribution in [1.29, 1.82) is 0 Å². The number of nitrogens with one attached hydrogen (secondary N) is 1. The number of aryl methyl sites for hydroxylation is 1. The lowest BCUT2D eigenvalue weighted by molar-refractivity contribution is -0.0346. The molecule has 7 heteroatoms. The lowest BCUT2D eigenvalue weighted by atomic mass is 10.0. The van der Waals surface area contributed by atoms with Gasteiger partial charge in [-0.2, -0.15) is 0 Å². The number of nitrogens with zero attached hydrogens (tertiary/aromatic N) is 1. The van der Waals surface area contributed by atoms with Gasteiger partial charge in [0, 0.05) is 30.2 Å². The zero-order valence-electron chi connectivity index (χ0n) is 15.5. The minimum absolute atomic E-state index is 0.0477. The molecule has 1 aliphatic heterocycles. The van der Waals surface area contributed by atoms with Gasteiger partial charge in [-0.15, -0.1) is 11.3 Å². The van der Waals surface area contributed by atoms with E-state index >= 15 is 0 Å². The van der Waals surface area contributed by atoms with Crippen LogP contribution in [0.4, 0.5) is 4.39 Å². The van der Waals surface area contributed by atoms with Crippen LogP contribution in [0.1, 0.15) is 40.7 Å². The fraction of sp³-hybridized carbons (Fsp3) is 0.450. The van der Waals surface area contributed by atoms with E-state index in [1.54, 1.807) is 12.1 Å². The van der Waals surface area contributed by atoms with Gasteiger partial charge in [-0.1, -0.05) is 24.6 Å². The standard InChI is InChI=1S/C20H24ClFN2O2S/c1-3-14-7-10-27-19(14)20(25)23-11-17(24-8-9-26-13(2)12-24)18-15(21)5-4-6-16(18)22/h4-7,10,13,17H,3,8-9,11-12H2,1-2H3,(H,23,25). The second-order valence-electron chi connectivity index (χ2n) is 6.67. The van der Waals surface area contributed by atoms with Crippen molar-refractivity contribution in [1.82, 2.24) is 10.2 Å². The molecule has 1 saturated heterocycles. The van der Waals surface area contributed by atoms with Gasteiger partial charge in [-0.3, -0.25) is 9.69 Å². The number of rotatable bonds is 6. The Hall–Kier alpha value is -1.47. The number of halogens is 2. The van der Waals surface area contributed by atoms with Gasteiger partial charge < -0.3 is 10.1 Å². The highest BCUT2D eigenvalue weighted by atomic mass is 35.5. The monoisotopic (exact) mass is 410 g/mol. The van der Waals surface area contributed by atoms with Crippen LogP contribution < -0.4 is 5.32 Å². The molecule has 2 aromatic rings. The molecule has 0 aliphatic carbocycles. The molecule has 2 unspecified atom stereocenters. The summed E-state index contributed by atoms with van der Waals surface area (Å²) < 4.78 is 20.2. The molecular formula is C20H24ClFN2O2S. The molecule has 4 nitrogen and oxygen atoms in total. The van der Waals surface area contributed by atoms with E-state index in [2.05, 4.69) is 10.2 Å². The van der Waals surface area contributed by atoms with E-state index in [9.17, 15) is 9.18 Å². The highest BCUT2D eigenvalue weighted by Gasteiger charge is 2.29. The molecule has 2 atom stereocenters. The lowest BCUT2D eigenvalue weighted by Crippen LogP contribution is -2.47. The molecule has 1 aliphatic rings. The normalized spacial score (nSPS) is 19.0. The maximum atomic E-state index is 14.6. The van der Waals surface area contributed by atoms with Crippen LogP contribution in [-0.4, -0.2) is 43.2 Å². The lowest BCUT2D eigenvalue weighted by Gasteiger charge is -2.38. The zero-order chi connectivity index (χ0) is 19.4. The largest absolute Gasteiger partial charge is 0.376 e. The minimum atomic E-state index is -0.355. The number of benzene rings is 1. The molecule has 1 aromatic heterocycles. The summed E-state index contributed by atoms with van der Waals surface area (Å²) >= 11 is 7.76. The molecule has 0 spiro atoms. The summed E-state index contributed by atoms with van der Waals surface area (Å²) in [7, 11) is 0. The molecule has 1 fully saturated rings. The Kier molecular flexibility index (Phi) is 6.87. The van der Waals surface area contributed by atoms with E-state index < -0.39 is 0 Å². The summed E-state index contributed by atoms with van der Waals surface area (Å²) in [6.07, 6.45) is 0.849. The summed E-state index contributed by atoms with van der Waals surface area (Å²) in [5, 5.41) is 5.28. The van der Waals surface area contributed by atoms with Crippen molar-refractivity contribution in [3.8, 4) is 0 Å². The fourth-order valence-electron chi connectivity index (χ4n) is 3.45. The van der Waals surface area contributed by atoms with Crippen LogP contribution in [0.2, 0.25) is 5.02 Å². The van der Waals surface area contributed by atoms with Crippen LogP contribution >= 0.6 is 22.9 Å². The van der Waals surface area contributed by atoms with Crippen molar-refractivity contribution in [2.24, 2.45) is 0 Å². The number of carbonyl (C=O) groups excluding carboxylic acids is 1. The summed E-state index contributed by atoms with van der Waals surface area (Å²) in [6.45, 7) is 6.19. The Morgan fingerprint density at radius 3 is 3.00 bits per heavy atom. The Morgan fingerprint density at radius 1 is 1.48 bits per heavy atom. The SMILES string of the molecule is CCc1ccsc1C(=O)NCC(c1c(F)cccc1Cl)N1CCOC(C)C1. The Balaban J connectivity index is 1.83. The number of hydrogen-bond acceptors (Lipinski definition) is 4. The molecule has 0 radical (unpaired) electrons. The second-order valence-corrected chi connectivity index (χ2v) is 7.99. The zero-order valence-corrected chi connectivity index (χ0v) is 17.1. The Morgan fingerprint density at radius 2 is 2.30 bits per heavy atom. The van der Waals surface area contributed by atoms with Gasteiger partial charge in [0.25, 0.3) is 5.91 Å². The van der Waals surface area contributed by atoms with Gasteiger partial charge in [0.15, 0.2) is 0 Å². The van der Waals surface area contributed by atoms with Gasteiger partial charge in [-0.05, 0) is 42.5 Å². The minimum Gasteiger partial charge on any atom is -0.376 e. The average molecular weight is 411 g/mol. The van der Waals surface area contributed by atoms with E-state index in [4.69, 9.17) is 16.3 Å². The average Bonchev–Trinajstić information content (AvgIpc) is 3.12. The number of carbonyl (C=O) groups is 1. The molecule has 3 rings (SSSR count). The van der Waals surface area contributed by atoms with Crippen LogP contribution in [0, 0.1) is 5.82 Å². The molecule has 1 N–H and O–H groups in total. The molecule has 146 valence electrons. The highest BCUT2D eigenvalue weighted by molar-refractivity contribution is 7.12. The van der Waals surface area contributed by atoms with Crippen molar-refractivity contribution >= 4 is 28.8 Å². The summed E-state index contributed by atoms with van der Waals surface area (Å²) in [4.78, 5) is 15.5. The Bertz CT molecular complexity index is 778. The van der Waals surface area contributed by atoms with E-state index in [0.717, 1.165) is 12.0 Å². The van der Waals surface area contributed by atoms with Crippen molar-refractivity contribution in [2.75, 3.05) is 26.2 Å². The summed E-state index contributed by atoms with van der Waals surface area (Å²) in [5.74, 6) is -0.480. The van der Waals surface area contributed by atoms with Crippen LogP contribution in [0.15, 0.2) is 29.6 Å². The molecule has 2 heterocycles. The van der Waals surface area contributed by atoms with Gasteiger partial charge >= 0.3 is 0 Å². The number of morpholine rings is 1. The van der Waals surface area contributed by atoms with Crippen molar-refractivity contribution in [3.05, 3.63) is 56.5 Å². The van der Waals surface area contributed by atoms with E-state index in [1.807, 2.05) is 25.3 Å². The first kappa shape index (κ1) is 20.3. The van der Waals surface area contributed by atoms with Gasteiger partial charge in [0.1, 0.15) is 5.82 Å². The van der Waals surface area contributed by atoms with Crippen LogP contribution in [0.3, 0.4) is 0 Å². The molecule has 1 aromatic carbocycles. The van der Waals surface area contributed by atoms with E-state index in [1.165, 1.54) is 17.4 Å². The number of hydrogen-bond donors (Lipinski definition) is 1. The van der Waals surface area contributed by atoms with Crippen LogP contribution in [0.25, 0.3) is 0 Å². The quantitative estimate of drug-likeness (QED) is 0.772. The van der Waals surface area contributed by atoms with Crippen molar-refractivity contribution in [3.63, 3.8) is 0 Å². The van der Waals surface area contributed by atoms with Gasteiger partial charge in [0.05, 0.1) is 23.6 Å². The topological polar surface area (TPSA) is 41.6 Å². The van der Waals surface area contributed by atoms with Crippen molar-refractivity contribution < 1.29 is 13.9 Å². The molecule has 1 amide bonds. The third kappa shape index (κ3) is 4.69. The maximum absolute atomic E-state index is 14.6. The first-order valence-corrected chi connectivity index (χ1v) is 10.4. The highest BCUT2D eigenvalue weighted by Crippen LogP contribution is 2.31. The van der Waals surface area contributed by atoms with Crippen LogP contribution in [-0.2, 0) is 11.2 Å². The summed E-state index contributed by atoms with van der Waals surface area (Å²) in [5.41, 5.74) is 1.45. The van der Waals surface area contributed by atoms with Crippen molar-refractivity contribution in [2.45, 2.75) is 32.4 Å². The predicted molar refractivity (Wildman–Crippen MR) is 107 cm³/mol. The molecule has 27 heavy (non-hydrogen) atoms. The third-order valence-corrected chi connectivity index (χ3v) is 6.12. The number of ether oxygens (including phenoxy) is 1. The number of thiophene rings is 1. The molecule has 0 bridgehead atoms. The summed E-state index contributed by atoms with van der Waals surface area (Å²) in [6, 6.07) is 6.31. The number of amides is 1. The molecular weight excluding hydrogens is 387 g/mol. The van der Waals surface area contributed by atoms with E-state index in [-0.39, 0.29) is 30.4 Å². The first-order chi connectivity index (χ1) is 13.0. The van der Waals surface area contributed by atoms with Gasteiger partial charge in [0.2, 0.25) is 0 Å².